The molecule has 0 spiro atoms. The molecule has 1 fully saturated rings. The molecule has 2 aromatic carbocycles. The quantitative estimate of drug-likeness (QED) is 0.506. The summed E-state index contributed by atoms with van der Waals surface area (Å²) in [7, 11) is 1.65. The molecule has 3 heterocycles. The number of nitrogens with one attached hydrogen (secondary N) is 1. The predicted molar refractivity (Wildman–Crippen MR) is 126 cm³/mol. The van der Waals surface area contributed by atoms with Crippen molar-refractivity contribution in [1.82, 2.24) is 25.2 Å². The fourth-order valence-electron chi connectivity index (χ4n) is 5.40. The number of hydrogen-bond donors (Lipinski definition) is 1. The summed E-state index contributed by atoms with van der Waals surface area (Å²) in [5, 5.41) is 13.9. The molecular weight excluding hydrogens is 416 g/mol. The second-order valence-corrected chi connectivity index (χ2v) is 8.90. The number of anilines is 1. The third-order valence-corrected chi connectivity index (χ3v) is 7.04. The summed E-state index contributed by atoms with van der Waals surface area (Å²) in [6, 6.07) is 15.9. The summed E-state index contributed by atoms with van der Waals surface area (Å²) >= 11 is 0. The van der Waals surface area contributed by atoms with Crippen molar-refractivity contribution in [2.75, 3.05) is 18.6 Å². The van der Waals surface area contributed by atoms with Gasteiger partial charge in [0.25, 0.3) is 5.56 Å². The van der Waals surface area contributed by atoms with Crippen LogP contribution in [-0.4, -0.2) is 38.8 Å². The zero-order chi connectivity index (χ0) is 22.4. The largest absolute Gasteiger partial charge is 0.497 e. The molecule has 0 radical (unpaired) electrons. The van der Waals surface area contributed by atoms with Crippen LogP contribution in [-0.2, 0) is 6.42 Å². The molecule has 0 amide bonds. The van der Waals surface area contributed by atoms with Crippen LogP contribution in [0.3, 0.4) is 0 Å². The maximum Gasteiger partial charge on any atom is 0.254 e. The molecule has 1 N–H and O–H groups in total. The van der Waals surface area contributed by atoms with Crippen molar-refractivity contribution in [2.24, 2.45) is 0 Å². The van der Waals surface area contributed by atoms with E-state index in [1.165, 1.54) is 18.4 Å². The summed E-state index contributed by atoms with van der Waals surface area (Å²) in [4.78, 5) is 18.8. The maximum absolute atomic E-state index is 13.4. The van der Waals surface area contributed by atoms with Crippen molar-refractivity contribution in [3.63, 3.8) is 0 Å². The van der Waals surface area contributed by atoms with Crippen molar-refractivity contribution >= 4 is 16.6 Å². The van der Waals surface area contributed by atoms with Crippen molar-refractivity contribution in [1.29, 1.82) is 0 Å². The van der Waals surface area contributed by atoms with E-state index < -0.39 is 0 Å². The molecule has 8 nitrogen and oxygen atoms in total. The summed E-state index contributed by atoms with van der Waals surface area (Å²) in [6.07, 6.45) is 5.41. The number of H-pyrrole nitrogens is 1. The van der Waals surface area contributed by atoms with Gasteiger partial charge in [0.1, 0.15) is 11.8 Å². The Hall–Kier alpha value is -3.68. The average molecular weight is 443 g/mol. The fraction of sp³-hybridized carbons (Fsp3) is 0.360. The molecule has 4 aromatic rings. The van der Waals surface area contributed by atoms with Crippen LogP contribution in [0.15, 0.2) is 53.3 Å². The molecule has 8 heteroatoms. The second kappa shape index (κ2) is 8.03. The third kappa shape index (κ3) is 3.37. The molecule has 0 bridgehead atoms. The predicted octanol–water partition coefficient (Wildman–Crippen LogP) is 3.79. The van der Waals surface area contributed by atoms with Gasteiger partial charge in [-0.1, -0.05) is 31.0 Å². The highest BCUT2D eigenvalue weighted by Crippen LogP contribution is 2.39. The summed E-state index contributed by atoms with van der Waals surface area (Å²) < 4.78 is 7.39. The van der Waals surface area contributed by atoms with Gasteiger partial charge in [0.2, 0.25) is 0 Å². The SMILES string of the molecule is COc1ccc2[nH]c(=O)c([C@@H](c3nnnn3C3CCCC3)N3CCc4ccccc43)cc2c1. The number of fused-ring (bicyclic) bond motifs is 2. The standard InChI is InChI=1S/C25H26N6O2/c1-33-19-10-11-21-17(14-19)15-20(25(32)26-21)23(30-13-12-16-6-2-5-9-22(16)30)24-27-28-29-31(24)18-7-3-4-8-18/h2,5-6,9-11,14-15,18,23H,3-4,7-8,12-13H2,1H3,(H,26,32)/t23-/m0/s1. The van der Waals surface area contributed by atoms with Crippen LogP contribution < -0.4 is 15.2 Å². The second-order valence-electron chi connectivity index (χ2n) is 8.90. The van der Waals surface area contributed by atoms with Crippen molar-refractivity contribution < 1.29 is 4.74 Å². The Morgan fingerprint density at radius 2 is 1.97 bits per heavy atom. The molecular formula is C25H26N6O2. The van der Waals surface area contributed by atoms with Crippen LogP contribution in [0, 0.1) is 0 Å². The Morgan fingerprint density at radius 1 is 1.12 bits per heavy atom. The van der Waals surface area contributed by atoms with Crippen LogP contribution in [0.5, 0.6) is 5.75 Å². The number of ether oxygens (including phenoxy) is 1. The molecule has 2 aliphatic rings. The van der Waals surface area contributed by atoms with Gasteiger partial charge >= 0.3 is 0 Å². The van der Waals surface area contributed by atoms with Gasteiger partial charge in [0.05, 0.1) is 13.2 Å². The third-order valence-electron chi connectivity index (χ3n) is 7.04. The first kappa shape index (κ1) is 20.0. The minimum Gasteiger partial charge on any atom is -0.497 e. The number of methoxy groups -OCH3 is 1. The highest BCUT2D eigenvalue weighted by atomic mass is 16.5. The highest BCUT2D eigenvalue weighted by molar-refractivity contribution is 5.81. The molecule has 6 rings (SSSR count). The Morgan fingerprint density at radius 3 is 2.82 bits per heavy atom. The van der Waals surface area contributed by atoms with Gasteiger partial charge in [-0.15, -0.1) is 5.10 Å². The lowest BCUT2D eigenvalue weighted by atomic mass is 10.0. The van der Waals surface area contributed by atoms with Crippen molar-refractivity contribution in [3.05, 3.63) is 75.8 Å². The minimum atomic E-state index is -0.386. The first-order valence-corrected chi connectivity index (χ1v) is 11.6. The molecule has 1 atom stereocenters. The van der Waals surface area contributed by atoms with Crippen LogP contribution in [0.1, 0.15) is 54.7 Å². The molecule has 2 aromatic heterocycles. The van der Waals surface area contributed by atoms with Crippen molar-refractivity contribution in [2.45, 2.75) is 44.2 Å². The smallest absolute Gasteiger partial charge is 0.254 e. The van der Waals surface area contributed by atoms with E-state index in [1.54, 1.807) is 7.11 Å². The van der Waals surface area contributed by atoms with Crippen LogP contribution in [0.4, 0.5) is 5.69 Å². The molecule has 0 unspecified atom stereocenters. The molecule has 33 heavy (non-hydrogen) atoms. The normalized spacial score (nSPS) is 16.9. The van der Waals surface area contributed by atoms with Gasteiger partial charge in [0.15, 0.2) is 5.82 Å². The minimum absolute atomic E-state index is 0.122. The lowest BCUT2D eigenvalue weighted by Gasteiger charge is -2.30. The lowest BCUT2D eigenvalue weighted by molar-refractivity contribution is 0.415. The van der Waals surface area contributed by atoms with E-state index in [0.29, 0.717) is 5.56 Å². The summed E-state index contributed by atoms with van der Waals surface area (Å²) in [6.45, 7) is 0.803. The fourth-order valence-corrected chi connectivity index (χ4v) is 5.40. The van der Waals surface area contributed by atoms with E-state index in [1.807, 2.05) is 35.0 Å². The van der Waals surface area contributed by atoms with Gasteiger partial charge in [0, 0.05) is 28.7 Å². The van der Waals surface area contributed by atoms with E-state index in [9.17, 15) is 4.79 Å². The van der Waals surface area contributed by atoms with Crippen LogP contribution >= 0.6 is 0 Å². The Labute approximate surface area is 191 Å². The number of pyridine rings is 1. The van der Waals surface area contributed by atoms with Crippen molar-refractivity contribution in [3.8, 4) is 5.75 Å². The Balaban J connectivity index is 1.55. The summed E-state index contributed by atoms with van der Waals surface area (Å²) in [5.41, 5.74) is 3.71. The van der Waals surface area contributed by atoms with Gasteiger partial charge in [-0.05, 0) is 65.6 Å². The number of aromatic amines is 1. The number of aromatic nitrogens is 5. The van der Waals surface area contributed by atoms with Gasteiger partial charge in [-0.25, -0.2) is 4.68 Å². The zero-order valence-corrected chi connectivity index (χ0v) is 18.6. The first-order valence-electron chi connectivity index (χ1n) is 11.6. The number of para-hydroxylation sites is 1. The number of benzene rings is 2. The highest BCUT2D eigenvalue weighted by Gasteiger charge is 2.36. The zero-order valence-electron chi connectivity index (χ0n) is 18.6. The first-order chi connectivity index (χ1) is 16.2. The number of nitrogens with zero attached hydrogens (tertiary/aromatic N) is 5. The molecule has 1 saturated carbocycles. The van der Waals surface area contributed by atoms with E-state index in [4.69, 9.17) is 4.74 Å². The molecule has 0 saturated heterocycles. The van der Waals surface area contributed by atoms with Crippen LogP contribution in [0.25, 0.3) is 10.9 Å². The van der Waals surface area contributed by atoms with Gasteiger partial charge in [-0.2, -0.15) is 0 Å². The lowest BCUT2D eigenvalue weighted by Crippen LogP contribution is -2.34. The van der Waals surface area contributed by atoms with Gasteiger partial charge < -0.3 is 14.6 Å². The van der Waals surface area contributed by atoms with E-state index in [-0.39, 0.29) is 17.6 Å². The number of tetrazole rings is 1. The summed E-state index contributed by atoms with van der Waals surface area (Å²) in [5.74, 6) is 1.48. The maximum atomic E-state index is 13.4. The Kier molecular flexibility index (Phi) is 4.86. The Bertz CT molecular complexity index is 1370. The number of hydrogen-bond acceptors (Lipinski definition) is 6. The molecule has 1 aliphatic heterocycles. The van der Waals surface area contributed by atoms with E-state index >= 15 is 0 Å². The monoisotopic (exact) mass is 442 g/mol. The van der Waals surface area contributed by atoms with Gasteiger partial charge in [-0.3, -0.25) is 4.79 Å². The van der Waals surface area contributed by atoms with E-state index in [2.05, 4.69) is 43.6 Å². The van der Waals surface area contributed by atoms with E-state index in [0.717, 1.165) is 54.0 Å². The molecule has 168 valence electrons. The average Bonchev–Trinajstić information content (AvgIpc) is 3.60. The topological polar surface area (TPSA) is 88.9 Å². The van der Waals surface area contributed by atoms with Crippen LogP contribution in [0.2, 0.25) is 0 Å². The number of rotatable bonds is 5. The molecule has 1 aliphatic carbocycles.